The van der Waals surface area contributed by atoms with Gasteiger partial charge in [0.1, 0.15) is 11.5 Å². The lowest BCUT2D eigenvalue weighted by molar-refractivity contribution is -0.121. The van der Waals surface area contributed by atoms with Crippen LogP contribution in [0.4, 0.5) is 4.39 Å². The molecular formula is C22H23FN4O5. The van der Waals surface area contributed by atoms with Crippen molar-refractivity contribution in [3.63, 3.8) is 0 Å². The van der Waals surface area contributed by atoms with Crippen molar-refractivity contribution in [2.24, 2.45) is 0 Å². The van der Waals surface area contributed by atoms with E-state index in [2.05, 4.69) is 20.5 Å². The monoisotopic (exact) mass is 442 g/mol. The summed E-state index contributed by atoms with van der Waals surface area (Å²) in [5, 5.41) is 10.7. The number of aryl methyl sites for hydroxylation is 1. The Kier molecular flexibility index (Phi) is 7.37. The van der Waals surface area contributed by atoms with Crippen LogP contribution in [0.25, 0.3) is 11.4 Å². The van der Waals surface area contributed by atoms with Crippen LogP contribution < -0.4 is 25.1 Å². The van der Waals surface area contributed by atoms with Crippen molar-refractivity contribution in [3.05, 3.63) is 63.8 Å². The molecule has 0 aliphatic heterocycles. The van der Waals surface area contributed by atoms with Crippen LogP contribution >= 0.6 is 0 Å². The van der Waals surface area contributed by atoms with E-state index in [4.69, 9.17) is 14.2 Å². The Hall–Kier alpha value is -3.95. The number of H-pyrrole nitrogens is 1. The predicted octanol–water partition coefficient (Wildman–Crippen LogP) is 2.25. The molecule has 0 saturated carbocycles. The third kappa shape index (κ3) is 5.39. The van der Waals surface area contributed by atoms with Crippen LogP contribution in [0.5, 0.6) is 17.2 Å². The second-order valence-corrected chi connectivity index (χ2v) is 6.77. The lowest BCUT2D eigenvalue weighted by Crippen LogP contribution is -2.25. The van der Waals surface area contributed by atoms with Gasteiger partial charge in [0.25, 0.3) is 5.56 Å². The number of rotatable bonds is 9. The summed E-state index contributed by atoms with van der Waals surface area (Å²) in [5.74, 6) is 0.783. The Bertz CT molecular complexity index is 1140. The van der Waals surface area contributed by atoms with Gasteiger partial charge < -0.3 is 24.5 Å². The molecule has 1 amide bonds. The Labute approximate surface area is 183 Å². The first kappa shape index (κ1) is 22.7. The third-order valence-electron chi connectivity index (χ3n) is 4.67. The van der Waals surface area contributed by atoms with Crippen molar-refractivity contribution in [1.82, 2.24) is 20.5 Å². The van der Waals surface area contributed by atoms with E-state index in [1.165, 1.54) is 33.5 Å². The molecule has 3 rings (SSSR count). The van der Waals surface area contributed by atoms with Gasteiger partial charge in [-0.3, -0.25) is 9.59 Å². The summed E-state index contributed by atoms with van der Waals surface area (Å²) in [6.45, 7) is 0.193. The van der Waals surface area contributed by atoms with Gasteiger partial charge in [-0.15, -0.1) is 10.2 Å². The average Bonchev–Trinajstić information content (AvgIpc) is 2.80. The number of ether oxygens (including phenoxy) is 3. The highest BCUT2D eigenvalue weighted by Crippen LogP contribution is 2.40. The number of benzene rings is 2. The molecule has 0 aliphatic carbocycles. The molecule has 168 valence electrons. The zero-order valence-electron chi connectivity index (χ0n) is 17.9. The molecule has 1 aromatic heterocycles. The van der Waals surface area contributed by atoms with Gasteiger partial charge in [0.2, 0.25) is 11.7 Å². The van der Waals surface area contributed by atoms with Crippen molar-refractivity contribution in [3.8, 4) is 28.6 Å². The van der Waals surface area contributed by atoms with Crippen molar-refractivity contribution >= 4 is 5.91 Å². The molecule has 0 spiro atoms. The highest BCUT2D eigenvalue weighted by Gasteiger charge is 2.16. The van der Waals surface area contributed by atoms with E-state index in [-0.39, 0.29) is 42.6 Å². The molecule has 0 saturated heterocycles. The maximum Gasteiger partial charge on any atom is 0.273 e. The van der Waals surface area contributed by atoms with Crippen LogP contribution in [0, 0.1) is 5.82 Å². The van der Waals surface area contributed by atoms with Crippen LogP contribution in [0.15, 0.2) is 41.2 Å². The molecule has 0 bridgehead atoms. The van der Waals surface area contributed by atoms with Gasteiger partial charge in [0.05, 0.1) is 21.3 Å². The number of methoxy groups -OCH3 is 3. The van der Waals surface area contributed by atoms with Crippen LogP contribution in [-0.4, -0.2) is 42.4 Å². The fourth-order valence-corrected chi connectivity index (χ4v) is 3.04. The largest absolute Gasteiger partial charge is 0.493 e. The van der Waals surface area contributed by atoms with E-state index in [0.29, 0.717) is 28.4 Å². The van der Waals surface area contributed by atoms with Gasteiger partial charge in [-0.25, -0.2) is 4.39 Å². The molecule has 0 atom stereocenters. The van der Waals surface area contributed by atoms with Gasteiger partial charge in [0, 0.05) is 24.9 Å². The standard InChI is InChI=1S/C22H23FN4O5/c1-30-17-10-14(11-18(31-2)20(17)32-3)21-25-22(29)16(26-27-21)7-8-19(28)24-12-13-5-4-6-15(23)9-13/h4-6,9-11H,7-8,12H2,1-3H3,(H,24,28)(H,25,27,29). The molecule has 2 N–H and O–H groups in total. The molecule has 0 radical (unpaired) electrons. The summed E-state index contributed by atoms with van der Waals surface area (Å²) >= 11 is 0. The summed E-state index contributed by atoms with van der Waals surface area (Å²) in [7, 11) is 4.46. The SMILES string of the molecule is COc1cc(-c2nnc(CCC(=O)NCc3cccc(F)c3)c(=O)[nH]2)cc(OC)c1OC. The number of carbonyl (C=O) groups is 1. The molecule has 0 aliphatic rings. The smallest absolute Gasteiger partial charge is 0.273 e. The summed E-state index contributed by atoms with van der Waals surface area (Å²) in [6, 6.07) is 9.24. The Morgan fingerprint density at radius 1 is 1.06 bits per heavy atom. The first-order chi connectivity index (χ1) is 15.4. The number of aromatic nitrogens is 3. The molecule has 32 heavy (non-hydrogen) atoms. The van der Waals surface area contributed by atoms with Crippen molar-refractivity contribution in [2.75, 3.05) is 21.3 Å². The second-order valence-electron chi connectivity index (χ2n) is 6.77. The van der Waals surface area contributed by atoms with Crippen LogP contribution in [0.3, 0.4) is 0 Å². The lowest BCUT2D eigenvalue weighted by Gasteiger charge is -2.13. The van der Waals surface area contributed by atoms with E-state index in [0.717, 1.165) is 0 Å². The first-order valence-corrected chi connectivity index (χ1v) is 9.72. The summed E-state index contributed by atoms with van der Waals surface area (Å²) in [5.41, 5.74) is 0.831. The molecule has 2 aromatic carbocycles. The van der Waals surface area contributed by atoms with Crippen molar-refractivity contribution in [1.29, 1.82) is 0 Å². The van der Waals surface area contributed by atoms with Gasteiger partial charge in [0.15, 0.2) is 17.3 Å². The molecule has 0 fully saturated rings. The summed E-state index contributed by atoms with van der Waals surface area (Å²) < 4.78 is 29.1. The molecule has 10 heteroatoms. The summed E-state index contributed by atoms with van der Waals surface area (Å²) in [6.07, 6.45) is 0.142. The van der Waals surface area contributed by atoms with Crippen molar-refractivity contribution in [2.45, 2.75) is 19.4 Å². The molecule has 0 unspecified atom stereocenters. The molecule has 9 nitrogen and oxygen atoms in total. The van der Waals surface area contributed by atoms with E-state index >= 15 is 0 Å². The average molecular weight is 442 g/mol. The van der Waals surface area contributed by atoms with Crippen LogP contribution in [0.1, 0.15) is 17.7 Å². The lowest BCUT2D eigenvalue weighted by atomic mass is 10.1. The fraction of sp³-hybridized carbons (Fsp3) is 0.273. The molecule has 1 heterocycles. The zero-order chi connectivity index (χ0) is 23.1. The number of amides is 1. The second kappa shape index (κ2) is 10.4. The number of hydrogen-bond donors (Lipinski definition) is 2. The minimum atomic E-state index is -0.457. The maximum absolute atomic E-state index is 13.2. The zero-order valence-corrected chi connectivity index (χ0v) is 17.9. The van der Waals surface area contributed by atoms with E-state index < -0.39 is 5.56 Å². The number of carbonyl (C=O) groups excluding carboxylic acids is 1. The minimum absolute atomic E-state index is 0.0383. The Morgan fingerprint density at radius 2 is 1.78 bits per heavy atom. The van der Waals surface area contributed by atoms with E-state index in [1.807, 2.05) is 0 Å². The molecular weight excluding hydrogens is 419 g/mol. The number of nitrogens with zero attached hydrogens (tertiary/aromatic N) is 2. The van der Waals surface area contributed by atoms with Gasteiger partial charge in [-0.1, -0.05) is 12.1 Å². The number of halogens is 1. The van der Waals surface area contributed by atoms with Crippen LogP contribution in [-0.2, 0) is 17.8 Å². The summed E-state index contributed by atoms with van der Waals surface area (Å²) in [4.78, 5) is 27.2. The van der Waals surface area contributed by atoms with E-state index in [9.17, 15) is 14.0 Å². The number of hydrogen-bond acceptors (Lipinski definition) is 7. The van der Waals surface area contributed by atoms with Gasteiger partial charge in [-0.05, 0) is 29.8 Å². The fourth-order valence-electron chi connectivity index (χ4n) is 3.04. The van der Waals surface area contributed by atoms with Gasteiger partial charge in [-0.2, -0.15) is 0 Å². The molecule has 3 aromatic rings. The normalized spacial score (nSPS) is 10.5. The quantitative estimate of drug-likeness (QED) is 0.522. The van der Waals surface area contributed by atoms with E-state index in [1.54, 1.807) is 24.3 Å². The third-order valence-corrected chi connectivity index (χ3v) is 4.67. The Morgan fingerprint density at radius 3 is 2.38 bits per heavy atom. The topological polar surface area (TPSA) is 115 Å². The van der Waals surface area contributed by atoms with Gasteiger partial charge >= 0.3 is 0 Å². The minimum Gasteiger partial charge on any atom is -0.493 e. The maximum atomic E-state index is 13.2. The van der Waals surface area contributed by atoms with Crippen LogP contribution in [0.2, 0.25) is 0 Å². The van der Waals surface area contributed by atoms with Crippen molar-refractivity contribution < 1.29 is 23.4 Å². The predicted molar refractivity (Wildman–Crippen MR) is 114 cm³/mol. The number of aromatic amines is 1. The number of nitrogens with one attached hydrogen (secondary N) is 2. The first-order valence-electron chi connectivity index (χ1n) is 9.72. The highest BCUT2D eigenvalue weighted by atomic mass is 19.1. The Balaban J connectivity index is 1.68. The highest BCUT2D eigenvalue weighted by molar-refractivity contribution is 5.76.